The van der Waals surface area contributed by atoms with Crippen LogP contribution in [0.15, 0.2) is 64.6 Å². The maximum Gasteiger partial charge on any atom is 0.155 e. The highest BCUT2D eigenvalue weighted by Gasteiger charge is 2.10. The average molecular weight is 489 g/mol. The molecule has 182 valence electrons. The molecule has 0 aliphatic rings. The van der Waals surface area contributed by atoms with E-state index < -0.39 is 0 Å². The summed E-state index contributed by atoms with van der Waals surface area (Å²) in [5.41, 5.74) is 2.22. The molecule has 1 N–H and O–H groups in total. The van der Waals surface area contributed by atoms with Crippen molar-refractivity contribution in [2.75, 3.05) is 53.7 Å². The van der Waals surface area contributed by atoms with Gasteiger partial charge in [0.15, 0.2) is 5.76 Å². The molecule has 0 fully saturated rings. The van der Waals surface area contributed by atoms with E-state index in [-0.39, 0.29) is 12.4 Å². The van der Waals surface area contributed by atoms with E-state index in [1.807, 2.05) is 47.0 Å². The first-order chi connectivity index (χ1) is 16.2. The minimum absolute atomic E-state index is 0. The lowest BCUT2D eigenvalue weighted by molar-refractivity contribution is 0.104. The van der Waals surface area contributed by atoms with Crippen molar-refractivity contribution in [1.82, 2.24) is 14.3 Å². The fourth-order valence-electron chi connectivity index (χ4n) is 3.59. The van der Waals surface area contributed by atoms with Gasteiger partial charge in [-0.15, -0.1) is 12.4 Å². The van der Waals surface area contributed by atoms with Crippen LogP contribution in [0.1, 0.15) is 0 Å². The van der Waals surface area contributed by atoms with Gasteiger partial charge in [-0.3, -0.25) is 4.90 Å². The van der Waals surface area contributed by atoms with E-state index in [0.29, 0.717) is 53.4 Å². The number of hydrogen-bond acceptors (Lipinski definition) is 8. The van der Waals surface area contributed by atoms with E-state index in [9.17, 15) is 5.21 Å². The quantitative estimate of drug-likeness (QED) is 0.255. The zero-order chi connectivity index (χ0) is 23.0. The number of benzene rings is 1. The first kappa shape index (κ1) is 25.5. The molecule has 4 rings (SSSR count). The minimum Gasteiger partial charge on any atom is -0.492 e. The molecule has 0 saturated carbocycles. The Kier molecular flexibility index (Phi) is 9.29. The third kappa shape index (κ3) is 6.06. The molecule has 0 unspecified atom stereocenters. The standard InChI is InChI=1S/C24H28N4O5.ClH/c1-30-11-8-27(9-12-31-2)10-13-32-19-5-6-23-20(15-19)21(26-29)16-24(33-23)22-14-18-4-3-7-28(18)17-25-22;/h3-7,14-17,29H,8-13H2,1-2H3;1H. The van der Waals surface area contributed by atoms with E-state index in [0.717, 1.165) is 25.2 Å². The molecule has 3 aromatic heterocycles. The van der Waals surface area contributed by atoms with Crippen molar-refractivity contribution in [3.8, 4) is 17.2 Å². The molecule has 3 heterocycles. The number of aromatic nitrogens is 2. The van der Waals surface area contributed by atoms with Gasteiger partial charge in [0, 0.05) is 51.6 Å². The monoisotopic (exact) mass is 488 g/mol. The third-order valence-corrected chi connectivity index (χ3v) is 5.39. The lowest BCUT2D eigenvalue weighted by Gasteiger charge is -2.21. The number of methoxy groups -OCH3 is 2. The number of rotatable bonds is 11. The molecule has 0 saturated heterocycles. The smallest absolute Gasteiger partial charge is 0.155 e. The molecule has 0 radical (unpaired) electrons. The largest absolute Gasteiger partial charge is 0.492 e. The van der Waals surface area contributed by atoms with E-state index in [4.69, 9.17) is 18.6 Å². The van der Waals surface area contributed by atoms with E-state index in [1.165, 1.54) is 0 Å². The molecular weight excluding hydrogens is 460 g/mol. The molecule has 34 heavy (non-hydrogen) atoms. The summed E-state index contributed by atoms with van der Waals surface area (Å²) < 4.78 is 24.3. The Morgan fingerprint density at radius 1 is 1.03 bits per heavy atom. The summed E-state index contributed by atoms with van der Waals surface area (Å²) in [6.07, 6.45) is 3.65. The summed E-state index contributed by atoms with van der Waals surface area (Å²) in [6.45, 7) is 4.15. The van der Waals surface area contributed by atoms with E-state index >= 15 is 0 Å². The second-order valence-corrected chi connectivity index (χ2v) is 7.54. The predicted molar refractivity (Wildman–Crippen MR) is 131 cm³/mol. The topological polar surface area (TPSA) is 94.0 Å². The zero-order valence-electron chi connectivity index (χ0n) is 19.2. The van der Waals surface area contributed by atoms with Gasteiger partial charge < -0.3 is 28.2 Å². The highest BCUT2D eigenvalue weighted by Crippen LogP contribution is 2.24. The molecular formula is C24H29ClN4O5. The van der Waals surface area contributed by atoms with Crippen LogP contribution in [0.4, 0.5) is 0 Å². The second-order valence-electron chi connectivity index (χ2n) is 7.54. The molecule has 9 nitrogen and oxygen atoms in total. The van der Waals surface area contributed by atoms with Gasteiger partial charge in [-0.1, -0.05) is 5.16 Å². The summed E-state index contributed by atoms with van der Waals surface area (Å²) in [6, 6.07) is 13.0. The maximum absolute atomic E-state index is 9.64. The molecule has 0 aliphatic heterocycles. The second kappa shape index (κ2) is 12.4. The van der Waals surface area contributed by atoms with Gasteiger partial charge in [-0.25, -0.2) is 4.98 Å². The molecule has 0 bridgehead atoms. The van der Waals surface area contributed by atoms with E-state index in [2.05, 4.69) is 15.0 Å². The Labute approximate surface area is 203 Å². The Hall–Kier alpha value is -3.11. The third-order valence-electron chi connectivity index (χ3n) is 5.39. The SMILES string of the molecule is COCCN(CCOC)CCOc1ccc2oc(-c3cc4cccn4cn3)cc(=NO)c2c1.Cl. The first-order valence-corrected chi connectivity index (χ1v) is 10.7. The van der Waals surface area contributed by atoms with Crippen molar-refractivity contribution >= 4 is 28.9 Å². The summed E-state index contributed by atoms with van der Waals surface area (Å²) >= 11 is 0. The summed E-state index contributed by atoms with van der Waals surface area (Å²) in [5, 5.41) is 14.1. The van der Waals surface area contributed by atoms with E-state index in [1.54, 1.807) is 26.6 Å². The lowest BCUT2D eigenvalue weighted by atomic mass is 10.2. The number of fused-ring (bicyclic) bond motifs is 2. The summed E-state index contributed by atoms with van der Waals surface area (Å²) in [7, 11) is 3.38. The van der Waals surface area contributed by atoms with Crippen LogP contribution in [-0.4, -0.2) is 73.2 Å². The predicted octanol–water partition coefficient (Wildman–Crippen LogP) is 3.43. The number of nitrogens with zero attached hydrogens (tertiary/aromatic N) is 4. The normalized spacial score (nSPS) is 11.9. The number of ether oxygens (including phenoxy) is 3. The molecule has 0 spiro atoms. The highest BCUT2D eigenvalue weighted by atomic mass is 35.5. The van der Waals surface area contributed by atoms with Crippen molar-refractivity contribution in [2.24, 2.45) is 5.16 Å². The van der Waals surface area contributed by atoms with Gasteiger partial charge in [-0.2, -0.15) is 0 Å². The van der Waals surface area contributed by atoms with Gasteiger partial charge in [0.1, 0.15) is 29.0 Å². The van der Waals surface area contributed by atoms with Crippen molar-refractivity contribution in [3.05, 3.63) is 60.3 Å². The summed E-state index contributed by atoms with van der Waals surface area (Å²) in [5.74, 6) is 1.18. The number of halogens is 1. The number of hydrogen-bond donors (Lipinski definition) is 1. The molecule has 10 heteroatoms. The van der Waals surface area contributed by atoms with Gasteiger partial charge in [-0.05, 0) is 36.4 Å². The molecule has 0 atom stereocenters. The van der Waals surface area contributed by atoms with Crippen LogP contribution in [0.5, 0.6) is 5.75 Å². The van der Waals surface area contributed by atoms with Gasteiger partial charge in [0.2, 0.25) is 0 Å². The maximum atomic E-state index is 9.64. The van der Waals surface area contributed by atoms with Crippen LogP contribution in [0.3, 0.4) is 0 Å². The van der Waals surface area contributed by atoms with Gasteiger partial charge in [0.05, 0.1) is 24.9 Å². The molecule has 1 aromatic carbocycles. The van der Waals surface area contributed by atoms with Crippen LogP contribution < -0.4 is 10.1 Å². The van der Waals surface area contributed by atoms with Crippen LogP contribution in [0.2, 0.25) is 0 Å². The Bertz CT molecular complexity index is 1270. The zero-order valence-corrected chi connectivity index (χ0v) is 20.0. The van der Waals surface area contributed by atoms with Crippen molar-refractivity contribution < 1.29 is 23.8 Å². The molecule has 4 aromatic rings. The van der Waals surface area contributed by atoms with Crippen LogP contribution in [0.25, 0.3) is 27.9 Å². The van der Waals surface area contributed by atoms with Gasteiger partial charge >= 0.3 is 0 Å². The first-order valence-electron chi connectivity index (χ1n) is 10.7. The Balaban J connectivity index is 0.00000324. The average Bonchev–Trinajstić information content (AvgIpc) is 3.32. The highest BCUT2D eigenvalue weighted by molar-refractivity contribution is 5.85. The Morgan fingerprint density at radius 3 is 2.53 bits per heavy atom. The summed E-state index contributed by atoms with van der Waals surface area (Å²) in [4.78, 5) is 6.67. The minimum atomic E-state index is 0. The van der Waals surface area contributed by atoms with Crippen molar-refractivity contribution in [2.45, 2.75) is 0 Å². The lowest BCUT2D eigenvalue weighted by Crippen LogP contribution is -2.34. The fraction of sp³-hybridized carbons (Fsp3) is 0.333. The van der Waals surface area contributed by atoms with Crippen LogP contribution in [0, 0.1) is 0 Å². The van der Waals surface area contributed by atoms with Crippen molar-refractivity contribution in [1.29, 1.82) is 0 Å². The van der Waals surface area contributed by atoms with Crippen LogP contribution in [-0.2, 0) is 9.47 Å². The van der Waals surface area contributed by atoms with Crippen molar-refractivity contribution in [3.63, 3.8) is 0 Å². The molecule has 0 amide bonds. The van der Waals surface area contributed by atoms with Crippen LogP contribution >= 0.6 is 12.4 Å². The molecule has 0 aliphatic carbocycles. The van der Waals surface area contributed by atoms with Gasteiger partial charge in [0.25, 0.3) is 0 Å². The Morgan fingerprint density at radius 2 is 1.79 bits per heavy atom. The fourth-order valence-corrected chi connectivity index (χ4v) is 3.59.